The van der Waals surface area contributed by atoms with Crippen LogP contribution >= 0.6 is 0 Å². The van der Waals surface area contributed by atoms with E-state index in [1.54, 1.807) is 17.7 Å². The van der Waals surface area contributed by atoms with Crippen LogP contribution in [0.15, 0.2) is 23.1 Å². The van der Waals surface area contributed by atoms with Crippen molar-refractivity contribution in [2.45, 2.75) is 25.3 Å². The second-order valence-corrected chi connectivity index (χ2v) is 4.25. The van der Waals surface area contributed by atoms with Crippen LogP contribution in [0.25, 0.3) is 0 Å². The molecule has 0 amide bonds. The van der Waals surface area contributed by atoms with Gasteiger partial charge >= 0.3 is 0 Å². The van der Waals surface area contributed by atoms with Gasteiger partial charge in [-0.25, -0.2) is 0 Å². The van der Waals surface area contributed by atoms with Crippen LogP contribution in [-0.2, 0) is 11.8 Å². The van der Waals surface area contributed by atoms with Crippen molar-refractivity contribution in [1.82, 2.24) is 4.57 Å². The molecule has 0 aliphatic carbocycles. The molecule has 0 radical (unpaired) electrons. The summed E-state index contributed by atoms with van der Waals surface area (Å²) in [6.07, 6.45) is 5.10. The van der Waals surface area contributed by atoms with Gasteiger partial charge < -0.3 is 14.6 Å². The van der Waals surface area contributed by atoms with Crippen LogP contribution in [-0.4, -0.2) is 23.8 Å². The number of nitrogens with one attached hydrogen (secondary N) is 1. The van der Waals surface area contributed by atoms with Gasteiger partial charge in [-0.05, 0) is 25.3 Å². The summed E-state index contributed by atoms with van der Waals surface area (Å²) in [5.74, 6) is 0. The molecule has 0 saturated carbocycles. The molecule has 1 aliphatic rings. The number of pyridine rings is 1. The van der Waals surface area contributed by atoms with Gasteiger partial charge in [0.15, 0.2) is 0 Å². The molecule has 1 atom stereocenters. The molecule has 0 aromatic carbocycles. The van der Waals surface area contributed by atoms with Crippen molar-refractivity contribution in [3.05, 3.63) is 28.7 Å². The molecule has 1 aromatic heterocycles. The summed E-state index contributed by atoms with van der Waals surface area (Å²) in [5.41, 5.74) is 1.03. The first kappa shape index (κ1) is 11.2. The van der Waals surface area contributed by atoms with Gasteiger partial charge in [-0.1, -0.05) is 0 Å². The fourth-order valence-electron chi connectivity index (χ4n) is 1.96. The van der Waals surface area contributed by atoms with E-state index in [1.807, 2.05) is 12.3 Å². The van der Waals surface area contributed by atoms with Gasteiger partial charge in [0.1, 0.15) is 0 Å². The Hall–Kier alpha value is -1.29. The van der Waals surface area contributed by atoms with Crippen molar-refractivity contribution in [2.75, 3.05) is 18.5 Å². The number of hydrogen-bond donors (Lipinski definition) is 1. The third kappa shape index (κ3) is 2.85. The maximum Gasteiger partial charge on any atom is 0.250 e. The molecule has 16 heavy (non-hydrogen) atoms. The quantitative estimate of drug-likeness (QED) is 0.821. The van der Waals surface area contributed by atoms with Gasteiger partial charge in [-0.3, -0.25) is 4.79 Å². The molecule has 2 heterocycles. The fraction of sp³-hybridized carbons (Fsp3) is 0.583. The van der Waals surface area contributed by atoms with E-state index in [9.17, 15) is 4.79 Å². The molecule has 4 heteroatoms. The van der Waals surface area contributed by atoms with Crippen LogP contribution in [0.4, 0.5) is 5.69 Å². The predicted molar refractivity (Wildman–Crippen MR) is 63.8 cm³/mol. The first-order chi connectivity index (χ1) is 7.75. The fourth-order valence-corrected chi connectivity index (χ4v) is 1.96. The number of anilines is 1. The zero-order valence-electron chi connectivity index (χ0n) is 9.61. The highest BCUT2D eigenvalue weighted by molar-refractivity contribution is 5.41. The molecule has 1 unspecified atom stereocenters. The van der Waals surface area contributed by atoms with Crippen molar-refractivity contribution < 1.29 is 4.74 Å². The van der Waals surface area contributed by atoms with Crippen LogP contribution in [0.5, 0.6) is 0 Å². The van der Waals surface area contributed by atoms with E-state index in [0.29, 0.717) is 6.04 Å². The van der Waals surface area contributed by atoms with E-state index in [0.717, 1.165) is 38.2 Å². The van der Waals surface area contributed by atoms with Crippen LogP contribution in [0.3, 0.4) is 0 Å². The summed E-state index contributed by atoms with van der Waals surface area (Å²) in [6, 6.07) is 3.89. The van der Waals surface area contributed by atoms with E-state index < -0.39 is 0 Å². The molecule has 1 fully saturated rings. The molecule has 1 aliphatic heterocycles. The molecule has 88 valence electrons. The smallest absolute Gasteiger partial charge is 0.250 e. The lowest BCUT2D eigenvalue weighted by Crippen LogP contribution is -2.22. The van der Waals surface area contributed by atoms with Crippen molar-refractivity contribution >= 4 is 5.69 Å². The van der Waals surface area contributed by atoms with Gasteiger partial charge in [0, 0.05) is 38.6 Å². The minimum absolute atomic E-state index is 0.0229. The molecule has 1 aromatic rings. The summed E-state index contributed by atoms with van der Waals surface area (Å²) >= 11 is 0. The minimum Gasteiger partial charge on any atom is -0.381 e. The zero-order valence-corrected chi connectivity index (χ0v) is 9.61. The normalized spacial score (nSPS) is 21.4. The van der Waals surface area contributed by atoms with Gasteiger partial charge in [-0.2, -0.15) is 0 Å². The standard InChI is InChI=1S/C12H18N2O2/c1-14-9-11(4-5-12(14)15)13-10-3-2-7-16-8-6-10/h4-5,9-10,13H,2-3,6-8H2,1H3. The maximum absolute atomic E-state index is 11.2. The Kier molecular flexibility index (Phi) is 3.62. The second kappa shape index (κ2) is 5.16. The summed E-state index contributed by atoms with van der Waals surface area (Å²) in [4.78, 5) is 11.2. The Morgan fingerprint density at radius 2 is 2.25 bits per heavy atom. The maximum atomic E-state index is 11.2. The monoisotopic (exact) mass is 222 g/mol. The molecule has 4 nitrogen and oxygen atoms in total. The van der Waals surface area contributed by atoms with E-state index in [1.165, 1.54) is 0 Å². The highest BCUT2D eigenvalue weighted by atomic mass is 16.5. The molecule has 1 N–H and O–H groups in total. The number of aromatic nitrogens is 1. The van der Waals surface area contributed by atoms with Gasteiger partial charge in [0.05, 0.1) is 5.69 Å². The highest BCUT2D eigenvalue weighted by Crippen LogP contribution is 2.14. The summed E-state index contributed by atoms with van der Waals surface area (Å²) in [7, 11) is 1.77. The molecule has 0 bridgehead atoms. The summed E-state index contributed by atoms with van der Waals surface area (Å²) < 4.78 is 7.00. The van der Waals surface area contributed by atoms with Crippen LogP contribution < -0.4 is 10.9 Å². The molecule has 2 rings (SSSR count). The van der Waals surface area contributed by atoms with E-state index in [2.05, 4.69) is 5.32 Å². The van der Waals surface area contributed by atoms with Gasteiger partial charge in [-0.15, -0.1) is 0 Å². The lowest BCUT2D eigenvalue weighted by Gasteiger charge is -2.17. The molecular weight excluding hydrogens is 204 g/mol. The summed E-state index contributed by atoms with van der Waals surface area (Å²) in [5, 5.41) is 3.45. The number of rotatable bonds is 2. The third-order valence-electron chi connectivity index (χ3n) is 2.91. The first-order valence-electron chi connectivity index (χ1n) is 5.77. The average Bonchev–Trinajstić information content (AvgIpc) is 2.52. The largest absolute Gasteiger partial charge is 0.381 e. The number of nitrogens with zero attached hydrogens (tertiary/aromatic N) is 1. The Labute approximate surface area is 95.2 Å². The predicted octanol–water partition coefficient (Wildman–Crippen LogP) is 1.37. The van der Waals surface area contributed by atoms with Crippen LogP contribution in [0.1, 0.15) is 19.3 Å². The third-order valence-corrected chi connectivity index (χ3v) is 2.91. The number of hydrogen-bond acceptors (Lipinski definition) is 3. The first-order valence-corrected chi connectivity index (χ1v) is 5.77. The Bertz CT molecular complexity index is 392. The van der Waals surface area contributed by atoms with E-state index in [-0.39, 0.29) is 5.56 Å². The zero-order chi connectivity index (χ0) is 11.4. The highest BCUT2D eigenvalue weighted by Gasteiger charge is 2.11. The SMILES string of the molecule is Cn1cc(NC2CCCOCC2)ccc1=O. The van der Waals surface area contributed by atoms with Crippen molar-refractivity contribution in [2.24, 2.45) is 7.05 Å². The number of aryl methyl sites for hydroxylation is 1. The van der Waals surface area contributed by atoms with Crippen molar-refractivity contribution in [1.29, 1.82) is 0 Å². The Morgan fingerprint density at radius 3 is 3.06 bits per heavy atom. The Morgan fingerprint density at radius 1 is 1.38 bits per heavy atom. The van der Waals surface area contributed by atoms with Gasteiger partial charge in [0.2, 0.25) is 5.56 Å². The molecule has 1 saturated heterocycles. The van der Waals surface area contributed by atoms with Crippen molar-refractivity contribution in [3.63, 3.8) is 0 Å². The average molecular weight is 222 g/mol. The van der Waals surface area contributed by atoms with E-state index in [4.69, 9.17) is 4.74 Å². The lowest BCUT2D eigenvalue weighted by atomic mass is 10.1. The summed E-state index contributed by atoms with van der Waals surface area (Å²) in [6.45, 7) is 1.69. The molecular formula is C12H18N2O2. The second-order valence-electron chi connectivity index (χ2n) is 4.25. The minimum atomic E-state index is 0.0229. The van der Waals surface area contributed by atoms with Gasteiger partial charge in [0.25, 0.3) is 0 Å². The molecule has 0 spiro atoms. The van der Waals surface area contributed by atoms with Crippen molar-refractivity contribution in [3.8, 4) is 0 Å². The topological polar surface area (TPSA) is 43.3 Å². The van der Waals surface area contributed by atoms with Crippen LogP contribution in [0, 0.1) is 0 Å². The van der Waals surface area contributed by atoms with E-state index >= 15 is 0 Å². The number of ether oxygens (including phenoxy) is 1. The van der Waals surface area contributed by atoms with Crippen LogP contribution in [0.2, 0.25) is 0 Å². The lowest BCUT2D eigenvalue weighted by molar-refractivity contribution is 0.144. The Balaban J connectivity index is 2.02.